The Kier molecular flexibility index (Phi) is 9.20. The van der Waals surface area contributed by atoms with Gasteiger partial charge in [-0.3, -0.25) is 4.98 Å². The molecule has 0 bridgehead atoms. The van der Waals surface area contributed by atoms with Gasteiger partial charge in [-0.15, -0.1) is 0 Å². The second kappa shape index (κ2) is 11.6. The van der Waals surface area contributed by atoms with Gasteiger partial charge in [0.2, 0.25) is 0 Å². The Morgan fingerprint density at radius 1 is 0.909 bits per heavy atom. The molecule has 0 radical (unpaired) electrons. The van der Waals surface area contributed by atoms with Crippen LogP contribution in [0.3, 0.4) is 0 Å². The number of rotatable bonds is 9. The van der Waals surface area contributed by atoms with E-state index in [-0.39, 0.29) is 0 Å². The molecule has 0 aliphatic heterocycles. The minimum absolute atomic E-state index is 1.08. The Morgan fingerprint density at radius 3 is 2.59 bits per heavy atom. The molecule has 0 saturated heterocycles. The Hall–Kier alpha value is -0.930. The summed E-state index contributed by atoms with van der Waals surface area (Å²) >= 11 is 4.12. The number of pyridine rings is 1. The Labute approximate surface area is 143 Å². The molecular formula is C19H25NS2. The molecule has 0 unspecified atom stereocenters. The first-order valence-electron chi connectivity index (χ1n) is 8.03. The van der Waals surface area contributed by atoms with Gasteiger partial charge in [0, 0.05) is 23.4 Å². The van der Waals surface area contributed by atoms with Gasteiger partial charge in [-0.2, -0.15) is 23.5 Å². The van der Waals surface area contributed by atoms with Crippen molar-refractivity contribution in [1.29, 1.82) is 0 Å². The number of allylic oxidation sites excluding steroid dienone is 6. The maximum absolute atomic E-state index is 4.36. The van der Waals surface area contributed by atoms with Gasteiger partial charge in [0.1, 0.15) is 0 Å². The van der Waals surface area contributed by atoms with E-state index in [1.165, 1.54) is 53.5 Å². The van der Waals surface area contributed by atoms with Gasteiger partial charge in [0.25, 0.3) is 0 Å². The van der Waals surface area contributed by atoms with E-state index in [1.54, 1.807) is 0 Å². The number of hydrogen-bond donors (Lipinski definition) is 0. The third-order valence-electron chi connectivity index (χ3n) is 3.43. The first-order chi connectivity index (χ1) is 10.9. The van der Waals surface area contributed by atoms with E-state index in [1.807, 2.05) is 24.0 Å². The SMILES string of the molecule is C1=CCC/C=C(/CCSCCSCCc2ccccn2)C=C1. The van der Waals surface area contributed by atoms with Gasteiger partial charge in [-0.1, -0.05) is 42.0 Å². The van der Waals surface area contributed by atoms with Crippen molar-refractivity contribution in [1.82, 2.24) is 4.98 Å². The zero-order valence-corrected chi connectivity index (χ0v) is 14.7. The van der Waals surface area contributed by atoms with E-state index in [0.29, 0.717) is 0 Å². The van der Waals surface area contributed by atoms with Gasteiger partial charge < -0.3 is 0 Å². The largest absolute Gasteiger partial charge is 0.261 e. The van der Waals surface area contributed by atoms with Crippen molar-refractivity contribution in [3.63, 3.8) is 0 Å². The van der Waals surface area contributed by atoms with E-state index in [0.717, 1.165) is 6.42 Å². The quantitative estimate of drug-likeness (QED) is 0.569. The van der Waals surface area contributed by atoms with Crippen molar-refractivity contribution >= 4 is 23.5 Å². The van der Waals surface area contributed by atoms with Gasteiger partial charge in [0.15, 0.2) is 0 Å². The molecule has 1 aliphatic rings. The highest BCUT2D eigenvalue weighted by molar-refractivity contribution is 8.02. The highest BCUT2D eigenvalue weighted by Gasteiger charge is 1.97. The summed E-state index contributed by atoms with van der Waals surface area (Å²) in [5.74, 6) is 4.91. The van der Waals surface area contributed by atoms with E-state index in [4.69, 9.17) is 0 Å². The Balaban J connectivity index is 1.46. The molecule has 0 atom stereocenters. The zero-order chi connectivity index (χ0) is 15.3. The summed E-state index contributed by atoms with van der Waals surface area (Å²) in [5.41, 5.74) is 2.71. The second-order valence-electron chi connectivity index (χ2n) is 5.19. The number of nitrogens with zero attached hydrogens (tertiary/aromatic N) is 1. The monoisotopic (exact) mass is 331 g/mol. The predicted octanol–water partition coefficient (Wildman–Crippen LogP) is 5.31. The molecule has 0 N–H and O–H groups in total. The Bertz CT molecular complexity index is 491. The molecule has 118 valence electrons. The van der Waals surface area contributed by atoms with Crippen LogP contribution in [0.25, 0.3) is 0 Å². The van der Waals surface area contributed by atoms with Crippen LogP contribution in [-0.4, -0.2) is 28.0 Å². The summed E-state index contributed by atoms with van der Waals surface area (Å²) in [7, 11) is 0. The molecule has 1 aromatic heterocycles. The second-order valence-corrected chi connectivity index (χ2v) is 7.64. The first kappa shape index (κ1) is 17.4. The number of aryl methyl sites for hydroxylation is 1. The van der Waals surface area contributed by atoms with Crippen molar-refractivity contribution in [3.05, 3.63) is 66.0 Å². The maximum atomic E-state index is 4.36. The molecule has 3 heteroatoms. The summed E-state index contributed by atoms with van der Waals surface area (Å²) < 4.78 is 0. The fourth-order valence-corrected chi connectivity index (χ4v) is 4.29. The third kappa shape index (κ3) is 7.90. The zero-order valence-electron chi connectivity index (χ0n) is 13.1. The van der Waals surface area contributed by atoms with E-state index in [9.17, 15) is 0 Å². The molecule has 1 nitrogen and oxygen atoms in total. The molecule has 0 saturated carbocycles. The third-order valence-corrected chi connectivity index (χ3v) is 5.66. The van der Waals surface area contributed by atoms with Crippen LogP contribution in [0.4, 0.5) is 0 Å². The molecule has 2 rings (SSSR count). The van der Waals surface area contributed by atoms with Gasteiger partial charge in [-0.05, 0) is 49.3 Å². The summed E-state index contributed by atoms with van der Waals surface area (Å²) in [6.07, 6.45) is 17.7. The number of aromatic nitrogens is 1. The fourth-order valence-electron chi connectivity index (χ4n) is 2.21. The molecule has 1 aromatic rings. The van der Waals surface area contributed by atoms with Gasteiger partial charge >= 0.3 is 0 Å². The molecular weight excluding hydrogens is 306 g/mol. The lowest BCUT2D eigenvalue weighted by Gasteiger charge is -2.05. The highest BCUT2D eigenvalue weighted by atomic mass is 32.2. The molecule has 22 heavy (non-hydrogen) atoms. The average Bonchev–Trinajstić information content (AvgIpc) is 2.52. The van der Waals surface area contributed by atoms with Crippen molar-refractivity contribution in [2.45, 2.75) is 25.7 Å². The van der Waals surface area contributed by atoms with Crippen LogP contribution >= 0.6 is 23.5 Å². The fraction of sp³-hybridized carbons (Fsp3) is 0.421. The minimum atomic E-state index is 1.08. The topological polar surface area (TPSA) is 12.9 Å². The molecule has 0 amide bonds. The summed E-state index contributed by atoms with van der Waals surface area (Å²) in [4.78, 5) is 4.36. The summed E-state index contributed by atoms with van der Waals surface area (Å²) in [6.45, 7) is 0. The summed E-state index contributed by atoms with van der Waals surface area (Å²) in [5, 5.41) is 0. The van der Waals surface area contributed by atoms with Crippen LogP contribution in [0.1, 0.15) is 25.0 Å². The van der Waals surface area contributed by atoms with Crippen LogP contribution in [-0.2, 0) is 6.42 Å². The lowest BCUT2D eigenvalue weighted by molar-refractivity contribution is 1.01. The van der Waals surface area contributed by atoms with Crippen LogP contribution in [0.5, 0.6) is 0 Å². The lowest BCUT2D eigenvalue weighted by atomic mass is 10.1. The average molecular weight is 332 g/mol. The van der Waals surface area contributed by atoms with Crippen LogP contribution in [0, 0.1) is 0 Å². The number of thioether (sulfide) groups is 2. The van der Waals surface area contributed by atoms with Crippen LogP contribution in [0.15, 0.2) is 60.3 Å². The van der Waals surface area contributed by atoms with Crippen molar-refractivity contribution < 1.29 is 0 Å². The Morgan fingerprint density at radius 2 is 1.77 bits per heavy atom. The minimum Gasteiger partial charge on any atom is -0.261 e. The van der Waals surface area contributed by atoms with E-state index < -0.39 is 0 Å². The smallest absolute Gasteiger partial charge is 0.0411 e. The van der Waals surface area contributed by atoms with Crippen LogP contribution in [0.2, 0.25) is 0 Å². The predicted molar refractivity (Wildman–Crippen MR) is 103 cm³/mol. The molecule has 1 heterocycles. The number of hydrogen-bond acceptors (Lipinski definition) is 3. The lowest BCUT2D eigenvalue weighted by Crippen LogP contribution is -1.94. The highest BCUT2D eigenvalue weighted by Crippen LogP contribution is 2.15. The molecule has 0 fully saturated rings. The van der Waals surface area contributed by atoms with E-state index >= 15 is 0 Å². The van der Waals surface area contributed by atoms with Gasteiger partial charge in [0.05, 0.1) is 0 Å². The standard InChI is InChI=1S/C19H25NS2/c1-2-4-8-18(9-5-3-1)11-14-21-16-17-22-15-12-19-10-6-7-13-20-19/h1-2,4,6-10,13H,3,5,11-12,14-17H2/b2-1?,8-4?,18-9+. The van der Waals surface area contributed by atoms with Crippen molar-refractivity contribution in [2.75, 3.05) is 23.0 Å². The van der Waals surface area contributed by atoms with Crippen molar-refractivity contribution in [2.24, 2.45) is 0 Å². The maximum Gasteiger partial charge on any atom is 0.0411 e. The molecule has 0 spiro atoms. The van der Waals surface area contributed by atoms with E-state index in [2.05, 4.69) is 59.3 Å². The molecule has 0 aromatic carbocycles. The van der Waals surface area contributed by atoms with Crippen molar-refractivity contribution in [3.8, 4) is 0 Å². The molecule has 1 aliphatic carbocycles. The normalized spacial score (nSPS) is 16.8. The van der Waals surface area contributed by atoms with Gasteiger partial charge in [-0.25, -0.2) is 0 Å². The summed E-state index contributed by atoms with van der Waals surface area (Å²) in [6, 6.07) is 6.15. The van der Waals surface area contributed by atoms with Crippen LogP contribution < -0.4 is 0 Å². The first-order valence-corrected chi connectivity index (χ1v) is 10.3.